The number of aromatic nitrogens is 3. The first-order valence-corrected chi connectivity index (χ1v) is 18.5. The van der Waals surface area contributed by atoms with Crippen LogP contribution in [0.15, 0.2) is 212 Å². The average molecular weight is 739 g/mol. The standard InChI is InChI=1S/C54H35N3/c1-2-13-36(14-3-1)37-25-27-38(28-26-37)39-15-12-16-40(33-39)57-51-23-10-6-19-45(51)47-31-29-42(35-54(47)57)56-52-24-11-7-20-46(52)48-34-41(30-32-53(48)56)55-49-21-8-4-17-43(49)44-18-5-9-22-50(44)55/h1-35H/i1D,2D,3D,12D,13D,14D,15D,16D,25D,26D,27D,28D,33D. The van der Waals surface area contributed by atoms with Crippen molar-refractivity contribution in [3.63, 3.8) is 0 Å². The van der Waals surface area contributed by atoms with Gasteiger partial charge in [-0.2, -0.15) is 0 Å². The van der Waals surface area contributed by atoms with E-state index in [1.54, 1.807) is 4.57 Å². The van der Waals surface area contributed by atoms with Gasteiger partial charge in [-0.05, 0) is 88.9 Å². The smallest absolute Gasteiger partial charge is 0.0651 e. The Bertz CT molecular complexity index is 4190. The van der Waals surface area contributed by atoms with Crippen molar-refractivity contribution in [2.24, 2.45) is 0 Å². The molecular formula is C54H35N3. The van der Waals surface area contributed by atoms with E-state index in [1.165, 1.54) is 0 Å². The van der Waals surface area contributed by atoms with E-state index < -0.39 is 101 Å². The van der Waals surface area contributed by atoms with Crippen molar-refractivity contribution in [3.8, 4) is 39.3 Å². The maximum absolute atomic E-state index is 9.81. The number of hydrogen-bond donors (Lipinski definition) is 0. The molecule has 0 bridgehead atoms. The predicted molar refractivity (Wildman–Crippen MR) is 240 cm³/mol. The molecule has 266 valence electrons. The molecular weight excluding hydrogens is 691 g/mol. The number of fused-ring (bicyclic) bond motifs is 9. The third-order valence-corrected chi connectivity index (χ3v) is 10.9. The summed E-state index contributed by atoms with van der Waals surface area (Å²) in [5, 5.41) is 5.90. The Morgan fingerprint density at radius 2 is 0.702 bits per heavy atom. The van der Waals surface area contributed by atoms with Gasteiger partial charge < -0.3 is 13.7 Å². The molecule has 3 aromatic heterocycles. The molecule has 0 saturated carbocycles. The van der Waals surface area contributed by atoms with Gasteiger partial charge in [0.05, 0.1) is 50.9 Å². The summed E-state index contributed by atoms with van der Waals surface area (Å²) in [4.78, 5) is 0. The van der Waals surface area contributed by atoms with Gasteiger partial charge in [-0.25, -0.2) is 0 Å². The van der Waals surface area contributed by atoms with E-state index in [0.717, 1.165) is 65.8 Å². The third-order valence-electron chi connectivity index (χ3n) is 10.9. The SMILES string of the molecule is [2H]c1c([2H])c([2H])c(-c2c([2H])c([2H])c(-c3c([2H])c([2H])c([2H])c(-n4c5ccccc5c5ccc(-n6c7ccccc7c7cc(-n8c9ccccc9c9ccccc98)ccc76)cc54)c3[2H])c([2H])c2[2H])c([2H])c1[2H]. The second kappa shape index (κ2) is 12.5. The second-order valence-electron chi connectivity index (χ2n) is 14.0. The van der Waals surface area contributed by atoms with Crippen LogP contribution in [0.2, 0.25) is 0 Å². The van der Waals surface area contributed by atoms with Gasteiger partial charge in [-0.3, -0.25) is 0 Å². The highest BCUT2D eigenvalue weighted by molar-refractivity contribution is 6.13. The predicted octanol–water partition coefficient (Wildman–Crippen LogP) is 14.3. The molecule has 0 aliphatic heterocycles. The molecule has 57 heavy (non-hydrogen) atoms. The molecule has 0 aliphatic carbocycles. The van der Waals surface area contributed by atoms with Crippen LogP contribution in [0, 0.1) is 0 Å². The monoisotopic (exact) mass is 738 g/mol. The van der Waals surface area contributed by atoms with Crippen LogP contribution in [0.4, 0.5) is 0 Å². The minimum atomic E-state index is -0.758. The maximum Gasteiger partial charge on any atom is 0.0651 e. The minimum absolute atomic E-state index is 0.121. The topological polar surface area (TPSA) is 14.8 Å². The number of hydrogen-bond acceptors (Lipinski definition) is 0. The lowest BCUT2D eigenvalue weighted by atomic mass is 10.00. The van der Waals surface area contributed by atoms with Crippen LogP contribution in [0.3, 0.4) is 0 Å². The second-order valence-corrected chi connectivity index (χ2v) is 14.0. The van der Waals surface area contributed by atoms with E-state index in [0.29, 0.717) is 11.0 Å². The molecule has 3 nitrogen and oxygen atoms in total. The molecule has 0 amide bonds. The fraction of sp³-hybridized carbons (Fsp3) is 0. The van der Waals surface area contributed by atoms with E-state index in [2.05, 4.69) is 75.9 Å². The van der Waals surface area contributed by atoms with Gasteiger partial charge >= 0.3 is 0 Å². The molecule has 9 aromatic carbocycles. The third kappa shape index (κ3) is 4.86. The van der Waals surface area contributed by atoms with Crippen molar-refractivity contribution < 1.29 is 17.8 Å². The Kier molecular flexibility index (Phi) is 4.69. The molecule has 0 atom stereocenters. The molecule has 12 aromatic rings. The summed E-state index contributed by atoms with van der Waals surface area (Å²) < 4.78 is 122. The molecule has 3 heteroatoms. The summed E-state index contributed by atoms with van der Waals surface area (Å²) in [6.07, 6.45) is 0. The molecule has 0 spiro atoms. The van der Waals surface area contributed by atoms with Gasteiger partial charge in [-0.1, -0.05) is 145 Å². The first-order chi connectivity index (χ1) is 33.7. The summed E-state index contributed by atoms with van der Waals surface area (Å²) >= 11 is 0. The first-order valence-electron chi connectivity index (χ1n) is 25.0. The highest BCUT2D eigenvalue weighted by Crippen LogP contribution is 2.39. The molecule has 0 radical (unpaired) electrons. The average Bonchev–Trinajstić information content (AvgIpc) is 4.01. The largest absolute Gasteiger partial charge is 0.309 e. The van der Waals surface area contributed by atoms with Crippen molar-refractivity contribution in [2.75, 3.05) is 0 Å². The van der Waals surface area contributed by atoms with E-state index in [-0.39, 0.29) is 5.69 Å². The van der Waals surface area contributed by atoms with Crippen LogP contribution in [0.1, 0.15) is 17.8 Å². The van der Waals surface area contributed by atoms with E-state index in [9.17, 15) is 5.48 Å². The Balaban J connectivity index is 1.09. The summed E-state index contributed by atoms with van der Waals surface area (Å²) in [5.74, 6) is 0. The molecule has 0 unspecified atom stereocenters. The number of para-hydroxylation sites is 4. The van der Waals surface area contributed by atoms with Crippen molar-refractivity contribution >= 4 is 65.4 Å². The zero-order valence-electron chi connectivity index (χ0n) is 43.0. The van der Waals surface area contributed by atoms with E-state index in [4.69, 9.17) is 12.3 Å². The van der Waals surface area contributed by atoms with Crippen LogP contribution in [-0.2, 0) is 0 Å². The summed E-state index contributed by atoms with van der Waals surface area (Å²) in [7, 11) is 0. The molecule has 0 saturated heterocycles. The van der Waals surface area contributed by atoms with Gasteiger partial charge in [0, 0.05) is 49.4 Å². The van der Waals surface area contributed by atoms with Crippen molar-refractivity contribution in [3.05, 3.63) is 212 Å². The lowest BCUT2D eigenvalue weighted by Crippen LogP contribution is -1.98. The van der Waals surface area contributed by atoms with Crippen molar-refractivity contribution in [1.29, 1.82) is 0 Å². The van der Waals surface area contributed by atoms with Crippen molar-refractivity contribution in [1.82, 2.24) is 13.7 Å². The van der Waals surface area contributed by atoms with Gasteiger partial charge in [0.25, 0.3) is 0 Å². The highest BCUT2D eigenvalue weighted by Gasteiger charge is 2.19. The minimum Gasteiger partial charge on any atom is -0.309 e. The van der Waals surface area contributed by atoms with E-state index in [1.807, 2.05) is 66.7 Å². The molecule has 3 heterocycles. The first kappa shape index (κ1) is 21.5. The fourth-order valence-electron chi connectivity index (χ4n) is 8.43. The van der Waals surface area contributed by atoms with Crippen molar-refractivity contribution in [2.45, 2.75) is 0 Å². The van der Waals surface area contributed by atoms with E-state index >= 15 is 0 Å². The number of rotatable bonds is 5. The fourth-order valence-corrected chi connectivity index (χ4v) is 8.43. The van der Waals surface area contributed by atoms with Crippen LogP contribution in [-0.4, -0.2) is 13.7 Å². The van der Waals surface area contributed by atoms with Crippen LogP contribution >= 0.6 is 0 Å². The Morgan fingerprint density at radius 3 is 1.30 bits per heavy atom. The van der Waals surface area contributed by atoms with Gasteiger partial charge in [-0.15, -0.1) is 0 Å². The highest BCUT2D eigenvalue weighted by atomic mass is 15.0. The number of nitrogens with zero attached hydrogens (tertiary/aromatic N) is 3. The summed E-state index contributed by atoms with van der Waals surface area (Å²) in [6.45, 7) is 0. The summed E-state index contributed by atoms with van der Waals surface area (Å²) in [5.41, 5.74) is 4.84. The molecule has 0 aliphatic rings. The number of benzene rings is 9. The molecule has 12 rings (SSSR count). The van der Waals surface area contributed by atoms with Gasteiger partial charge in [0.1, 0.15) is 0 Å². The quantitative estimate of drug-likeness (QED) is 0.167. The normalized spacial score (nSPS) is 15.1. The van der Waals surface area contributed by atoms with Crippen LogP contribution in [0.5, 0.6) is 0 Å². The van der Waals surface area contributed by atoms with Crippen LogP contribution < -0.4 is 0 Å². The Hall–Kier alpha value is -7.62. The lowest BCUT2D eigenvalue weighted by molar-refractivity contribution is 1.15. The van der Waals surface area contributed by atoms with Crippen LogP contribution in [0.25, 0.3) is 105 Å². The zero-order chi connectivity index (χ0) is 48.8. The Labute approximate surface area is 347 Å². The molecule has 0 fully saturated rings. The lowest BCUT2D eigenvalue weighted by Gasteiger charge is -2.13. The molecule has 0 N–H and O–H groups in total. The van der Waals surface area contributed by atoms with Gasteiger partial charge in [0.15, 0.2) is 0 Å². The maximum atomic E-state index is 9.81. The van der Waals surface area contributed by atoms with Gasteiger partial charge in [0.2, 0.25) is 0 Å². The Morgan fingerprint density at radius 1 is 0.281 bits per heavy atom. The summed E-state index contributed by atoms with van der Waals surface area (Å²) in [6, 6.07) is 35.9. The zero-order valence-corrected chi connectivity index (χ0v) is 30.0.